The van der Waals surface area contributed by atoms with Gasteiger partial charge in [-0.15, -0.1) is 0 Å². The van der Waals surface area contributed by atoms with Crippen LogP contribution in [0.5, 0.6) is 0 Å². The van der Waals surface area contributed by atoms with Gasteiger partial charge in [0.1, 0.15) is 25.4 Å². The molecule has 0 radical (unpaired) electrons. The predicted molar refractivity (Wildman–Crippen MR) is 119 cm³/mol. The summed E-state index contributed by atoms with van der Waals surface area (Å²) in [6.07, 6.45) is -1.98. The lowest BCUT2D eigenvalue weighted by Crippen LogP contribution is -2.57. The molecule has 0 aliphatic carbocycles. The molecule has 10 heteroatoms. The van der Waals surface area contributed by atoms with Gasteiger partial charge in [0.05, 0.1) is 6.04 Å². The van der Waals surface area contributed by atoms with E-state index in [2.05, 4.69) is 10.6 Å². The maximum atomic E-state index is 13.2. The van der Waals surface area contributed by atoms with Crippen LogP contribution in [0.15, 0.2) is 30.3 Å². The highest BCUT2D eigenvalue weighted by Crippen LogP contribution is 2.08. The van der Waals surface area contributed by atoms with Crippen LogP contribution >= 0.6 is 0 Å². The maximum absolute atomic E-state index is 13.2. The van der Waals surface area contributed by atoms with Gasteiger partial charge >= 0.3 is 12.1 Å². The molecule has 3 atom stereocenters. The Kier molecular flexibility index (Phi) is 11.5. The zero-order valence-electron chi connectivity index (χ0n) is 19.4. The van der Waals surface area contributed by atoms with Gasteiger partial charge < -0.3 is 30.3 Å². The number of rotatable bonds is 11. The van der Waals surface area contributed by atoms with E-state index in [0.717, 1.165) is 5.56 Å². The standard InChI is InChI=1S/C22H35FN4O5/c1-15(2)11-17(25-21(30)32-14-16-9-7-6-8-10-16)20(29)24-18(19(28)12-23)13-27(5)22(31)26(3)4/h6-10,15,17-19,28H,11-14H2,1-5H3,(H,24,29)(H,25,30)/t17-,18?,19?/m0/s1. The largest absolute Gasteiger partial charge is 0.445 e. The number of benzene rings is 1. The number of alkyl halides is 1. The Balaban J connectivity index is 2.81. The van der Waals surface area contributed by atoms with Crippen LogP contribution in [-0.4, -0.2) is 85.5 Å². The molecule has 2 unspecified atom stereocenters. The van der Waals surface area contributed by atoms with Gasteiger partial charge in [0, 0.05) is 27.7 Å². The average Bonchev–Trinajstić information content (AvgIpc) is 2.75. The molecule has 32 heavy (non-hydrogen) atoms. The molecule has 0 aromatic heterocycles. The summed E-state index contributed by atoms with van der Waals surface area (Å²) in [5.41, 5.74) is 0.798. The van der Waals surface area contributed by atoms with E-state index < -0.39 is 36.9 Å². The lowest BCUT2D eigenvalue weighted by Gasteiger charge is -2.30. The molecule has 0 aliphatic rings. The van der Waals surface area contributed by atoms with E-state index in [1.54, 1.807) is 26.2 Å². The summed E-state index contributed by atoms with van der Waals surface area (Å²) in [5, 5.41) is 15.1. The number of carbonyl (C=O) groups excluding carboxylic acids is 3. The summed E-state index contributed by atoms with van der Waals surface area (Å²) < 4.78 is 18.4. The Morgan fingerprint density at radius 2 is 1.72 bits per heavy atom. The second-order valence-corrected chi connectivity index (χ2v) is 8.28. The highest BCUT2D eigenvalue weighted by Gasteiger charge is 2.29. The first-order chi connectivity index (χ1) is 15.0. The quantitative estimate of drug-likeness (QED) is 0.472. The lowest BCUT2D eigenvalue weighted by atomic mass is 10.0. The second kappa shape index (κ2) is 13.5. The average molecular weight is 455 g/mol. The number of hydrogen-bond acceptors (Lipinski definition) is 5. The highest BCUT2D eigenvalue weighted by atomic mass is 19.1. The van der Waals surface area contributed by atoms with Crippen molar-refractivity contribution < 1.29 is 28.6 Å². The molecule has 3 N–H and O–H groups in total. The third-order valence-corrected chi connectivity index (χ3v) is 4.66. The Labute approximate surface area is 188 Å². The van der Waals surface area contributed by atoms with Gasteiger partial charge in [0.15, 0.2) is 0 Å². The number of urea groups is 1. The summed E-state index contributed by atoms with van der Waals surface area (Å²) in [6.45, 7) is 2.60. The topological polar surface area (TPSA) is 111 Å². The SMILES string of the molecule is CC(C)C[C@H](NC(=O)OCc1ccccc1)C(=O)NC(CN(C)C(=O)N(C)C)C(O)CF. The molecule has 0 spiro atoms. The number of amides is 4. The van der Waals surface area contributed by atoms with E-state index in [1.807, 2.05) is 32.0 Å². The van der Waals surface area contributed by atoms with E-state index >= 15 is 0 Å². The summed E-state index contributed by atoms with van der Waals surface area (Å²) in [5.74, 6) is -0.540. The molecule has 0 aliphatic heterocycles. The van der Waals surface area contributed by atoms with Crippen LogP contribution in [0.2, 0.25) is 0 Å². The van der Waals surface area contributed by atoms with Gasteiger partial charge in [-0.1, -0.05) is 44.2 Å². The number of carbonyl (C=O) groups is 3. The van der Waals surface area contributed by atoms with Crippen molar-refractivity contribution in [3.8, 4) is 0 Å². The number of nitrogens with one attached hydrogen (secondary N) is 2. The minimum absolute atomic E-state index is 0.0450. The van der Waals surface area contributed by atoms with Crippen LogP contribution in [0.1, 0.15) is 25.8 Å². The molecular formula is C22H35FN4O5. The summed E-state index contributed by atoms with van der Waals surface area (Å²) in [7, 11) is 4.60. The van der Waals surface area contributed by atoms with Crippen LogP contribution in [0, 0.1) is 5.92 Å². The molecule has 1 aromatic rings. The minimum Gasteiger partial charge on any atom is -0.445 e. The molecule has 1 aromatic carbocycles. The van der Waals surface area contributed by atoms with Gasteiger partial charge in [-0.05, 0) is 17.9 Å². The number of aliphatic hydroxyl groups is 1. The van der Waals surface area contributed by atoms with Gasteiger partial charge in [-0.25, -0.2) is 14.0 Å². The first kappa shape index (κ1) is 27.2. The van der Waals surface area contributed by atoms with Crippen molar-refractivity contribution >= 4 is 18.0 Å². The monoisotopic (exact) mass is 454 g/mol. The maximum Gasteiger partial charge on any atom is 0.408 e. The molecule has 1 rings (SSSR count). The third-order valence-electron chi connectivity index (χ3n) is 4.66. The number of halogens is 1. The molecule has 4 amide bonds. The van der Waals surface area contributed by atoms with Crippen LogP contribution in [0.25, 0.3) is 0 Å². The van der Waals surface area contributed by atoms with Crippen LogP contribution in [0.4, 0.5) is 14.0 Å². The molecular weight excluding hydrogens is 419 g/mol. The van der Waals surface area contributed by atoms with Crippen LogP contribution in [-0.2, 0) is 16.1 Å². The third kappa shape index (κ3) is 9.51. The molecule has 180 valence electrons. The number of nitrogens with zero attached hydrogens (tertiary/aromatic N) is 2. The number of ether oxygens (including phenoxy) is 1. The van der Waals surface area contributed by atoms with Crippen molar-refractivity contribution in [3.63, 3.8) is 0 Å². The Morgan fingerprint density at radius 1 is 1.09 bits per heavy atom. The lowest BCUT2D eigenvalue weighted by molar-refractivity contribution is -0.125. The molecule has 0 saturated carbocycles. The molecule has 9 nitrogen and oxygen atoms in total. The summed E-state index contributed by atoms with van der Waals surface area (Å²) >= 11 is 0. The Morgan fingerprint density at radius 3 is 2.25 bits per heavy atom. The summed E-state index contributed by atoms with van der Waals surface area (Å²) in [6, 6.07) is 6.72. The summed E-state index contributed by atoms with van der Waals surface area (Å²) in [4.78, 5) is 39.8. The highest BCUT2D eigenvalue weighted by molar-refractivity contribution is 5.86. The van der Waals surface area contributed by atoms with E-state index in [-0.39, 0.29) is 25.1 Å². The zero-order chi connectivity index (χ0) is 24.3. The van der Waals surface area contributed by atoms with E-state index in [1.165, 1.54) is 16.8 Å². The van der Waals surface area contributed by atoms with Gasteiger partial charge in [0.25, 0.3) is 0 Å². The number of likely N-dealkylation sites (N-methyl/N-ethyl adjacent to an activating group) is 1. The van der Waals surface area contributed by atoms with E-state index in [0.29, 0.717) is 6.42 Å². The van der Waals surface area contributed by atoms with Crippen molar-refractivity contribution in [2.24, 2.45) is 5.92 Å². The molecule has 0 fully saturated rings. The molecule has 0 heterocycles. The Hall–Kier alpha value is -2.88. The number of aliphatic hydroxyl groups excluding tert-OH is 1. The van der Waals surface area contributed by atoms with Crippen molar-refractivity contribution in [2.45, 2.75) is 45.1 Å². The Bertz CT molecular complexity index is 732. The van der Waals surface area contributed by atoms with Gasteiger partial charge in [0.2, 0.25) is 5.91 Å². The number of hydrogen-bond donors (Lipinski definition) is 3. The number of alkyl carbamates (subject to hydrolysis) is 1. The van der Waals surface area contributed by atoms with Crippen LogP contribution in [0.3, 0.4) is 0 Å². The van der Waals surface area contributed by atoms with E-state index in [9.17, 15) is 23.9 Å². The van der Waals surface area contributed by atoms with Crippen LogP contribution < -0.4 is 10.6 Å². The van der Waals surface area contributed by atoms with E-state index in [4.69, 9.17) is 4.74 Å². The van der Waals surface area contributed by atoms with Crippen molar-refractivity contribution in [1.29, 1.82) is 0 Å². The normalized spacial score (nSPS) is 13.6. The zero-order valence-corrected chi connectivity index (χ0v) is 19.4. The first-order valence-electron chi connectivity index (χ1n) is 10.5. The second-order valence-electron chi connectivity index (χ2n) is 8.28. The molecule has 0 saturated heterocycles. The minimum atomic E-state index is -1.51. The fourth-order valence-corrected chi connectivity index (χ4v) is 2.98. The first-order valence-corrected chi connectivity index (χ1v) is 10.5. The molecule has 0 bridgehead atoms. The predicted octanol–water partition coefficient (Wildman–Crippen LogP) is 1.76. The van der Waals surface area contributed by atoms with Gasteiger partial charge in [-0.3, -0.25) is 4.79 Å². The van der Waals surface area contributed by atoms with Crippen molar-refractivity contribution in [1.82, 2.24) is 20.4 Å². The fraction of sp³-hybridized carbons (Fsp3) is 0.591. The van der Waals surface area contributed by atoms with Crippen molar-refractivity contribution in [2.75, 3.05) is 34.4 Å². The smallest absolute Gasteiger partial charge is 0.408 e. The fourth-order valence-electron chi connectivity index (χ4n) is 2.98. The van der Waals surface area contributed by atoms with Gasteiger partial charge in [-0.2, -0.15) is 0 Å². The van der Waals surface area contributed by atoms with Crippen molar-refractivity contribution in [3.05, 3.63) is 35.9 Å².